The molecule has 0 aliphatic heterocycles. The maximum atomic E-state index is 6.09. The molecule has 0 saturated heterocycles. The Balaban J connectivity index is 2.34. The first-order valence-corrected chi connectivity index (χ1v) is 5.34. The van der Waals surface area contributed by atoms with Gasteiger partial charge in [0.15, 0.2) is 0 Å². The zero-order valence-electron chi connectivity index (χ0n) is 8.89. The minimum atomic E-state index is -0.260. The van der Waals surface area contributed by atoms with Gasteiger partial charge in [-0.15, -0.1) is 0 Å². The highest BCUT2D eigenvalue weighted by atomic mass is 35.5. The van der Waals surface area contributed by atoms with Crippen molar-refractivity contribution in [1.29, 1.82) is 0 Å². The maximum Gasteiger partial charge on any atom is 0.0799 e. The van der Waals surface area contributed by atoms with E-state index in [1.807, 2.05) is 25.1 Å². The molecule has 1 aromatic carbocycles. The lowest BCUT2D eigenvalue weighted by Gasteiger charge is -2.12. The van der Waals surface area contributed by atoms with Gasteiger partial charge in [0.05, 0.1) is 17.9 Å². The van der Waals surface area contributed by atoms with Crippen molar-refractivity contribution < 1.29 is 0 Å². The molecule has 0 aliphatic carbocycles. The van der Waals surface area contributed by atoms with Crippen LogP contribution < -0.4 is 5.73 Å². The predicted molar refractivity (Wildman–Crippen MR) is 64.3 cm³/mol. The first-order chi connectivity index (χ1) is 7.68. The van der Waals surface area contributed by atoms with Crippen LogP contribution in [0.3, 0.4) is 0 Å². The van der Waals surface area contributed by atoms with Crippen molar-refractivity contribution in [2.75, 3.05) is 0 Å². The summed E-state index contributed by atoms with van der Waals surface area (Å²) in [5, 5.41) is 0.745. The molecule has 0 saturated carbocycles. The minimum absolute atomic E-state index is 0.260. The molecule has 1 heterocycles. The van der Waals surface area contributed by atoms with Crippen molar-refractivity contribution in [3.8, 4) is 0 Å². The van der Waals surface area contributed by atoms with Gasteiger partial charge in [0.2, 0.25) is 0 Å². The number of hydrogen-bond donors (Lipinski definition) is 1. The van der Waals surface area contributed by atoms with Gasteiger partial charge in [-0.1, -0.05) is 23.7 Å². The van der Waals surface area contributed by atoms with Crippen LogP contribution in [0.15, 0.2) is 36.8 Å². The van der Waals surface area contributed by atoms with E-state index < -0.39 is 0 Å². The van der Waals surface area contributed by atoms with Gasteiger partial charge in [0.1, 0.15) is 0 Å². The number of aryl methyl sites for hydroxylation is 1. The summed E-state index contributed by atoms with van der Waals surface area (Å²) in [5.41, 5.74) is 8.84. The molecule has 0 fully saturated rings. The Labute approximate surface area is 99.3 Å². The SMILES string of the molecule is Cc1cc(C(N)c2cnccn2)ccc1Cl. The molecule has 2 aromatic rings. The van der Waals surface area contributed by atoms with Crippen molar-refractivity contribution in [2.45, 2.75) is 13.0 Å². The molecule has 4 heteroatoms. The fourth-order valence-electron chi connectivity index (χ4n) is 1.50. The number of rotatable bonds is 2. The number of nitrogens with zero attached hydrogens (tertiary/aromatic N) is 2. The monoisotopic (exact) mass is 233 g/mol. The third kappa shape index (κ3) is 2.21. The Morgan fingerprint density at radius 1 is 1.31 bits per heavy atom. The summed E-state index contributed by atoms with van der Waals surface area (Å²) in [6, 6.07) is 5.48. The standard InChI is InChI=1S/C12H12ClN3/c1-8-6-9(2-3-10(8)13)12(14)11-7-15-4-5-16-11/h2-7,12H,14H2,1H3. The molecule has 0 aliphatic rings. The largest absolute Gasteiger partial charge is 0.319 e. The van der Waals surface area contributed by atoms with E-state index in [0.717, 1.165) is 21.8 Å². The van der Waals surface area contributed by atoms with Gasteiger partial charge in [0, 0.05) is 17.4 Å². The van der Waals surface area contributed by atoms with Gasteiger partial charge < -0.3 is 5.73 Å². The number of nitrogens with two attached hydrogens (primary N) is 1. The third-order valence-electron chi connectivity index (χ3n) is 2.44. The highest BCUT2D eigenvalue weighted by Crippen LogP contribution is 2.22. The highest BCUT2D eigenvalue weighted by molar-refractivity contribution is 6.31. The van der Waals surface area contributed by atoms with E-state index in [1.54, 1.807) is 18.6 Å². The lowest BCUT2D eigenvalue weighted by Crippen LogP contribution is -2.13. The second kappa shape index (κ2) is 4.60. The fraction of sp³-hybridized carbons (Fsp3) is 0.167. The summed E-state index contributed by atoms with van der Waals surface area (Å²) in [4.78, 5) is 8.19. The lowest BCUT2D eigenvalue weighted by molar-refractivity contribution is 0.817. The second-order valence-electron chi connectivity index (χ2n) is 3.62. The first-order valence-electron chi connectivity index (χ1n) is 4.96. The summed E-state index contributed by atoms with van der Waals surface area (Å²) >= 11 is 5.96. The number of benzene rings is 1. The molecule has 0 radical (unpaired) electrons. The van der Waals surface area contributed by atoms with E-state index >= 15 is 0 Å². The molecule has 0 spiro atoms. The van der Waals surface area contributed by atoms with Crippen molar-refractivity contribution in [2.24, 2.45) is 5.73 Å². The van der Waals surface area contributed by atoms with Crippen LogP contribution in [-0.2, 0) is 0 Å². The van der Waals surface area contributed by atoms with Gasteiger partial charge in [-0.2, -0.15) is 0 Å². The zero-order chi connectivity index (χ0) is 11.5. The summed E-state index contributed by atoms with van der Waals surface area (Å²) < 4.78 is 0. The Morgan fingerprint density at radius 3 is 2.75 bits per heavy atom. The molecule has 16 heavy (non-hydrogen) atoms. The minimum Gasteiger partial charge on any atom is -0.319 e. The van der Waals surface area contributed by atoms with Crippen LogP contribution in [0.25, 0.3) is 0 Å². The summed E-state index contributed by atoms with van der Waals surface area (Å²) in [7, 11) is 0. The Morgan fingerprint density at radius 2 is 2.12 bits per heavy atom. The number of aromatic nitrogens is 2. The van der Waals surface area contributed by atoms with Crippen LogP contribution >= 0.6 is 11.6 Å². The van der Waals surface area contributed by atoms with Crippen molar-refractivity contribution >= 4 is 11.6 Å². The number of hydrogen-bond acceptors (Lipinski definition) is 3. The molecule has 0 amide bonds. The highest BCUT2D eigenvalue weighted by Gasteiger charge is 2.10. The summed E-state index contributed by atoms with van der Waals surface area (Å²) in [6.45, 7) is 1.95. The molecular formula is C12H12ClN3. The van der Waals surface area contributed by atoms with Crippen LogP contribution in [0.5, 0.6) is 0 Å². The van der Waals surface area contributed by atoms with Gasteiger partial charge in [-0.05, 0) is 24.1 Å². The first kappa shape index (κ1) is 11.0. The Hall–Kier alpha value is -1.45. The van der Waals surface area contributed by atoms with Gasteiger partial charge >= 0.3 is 0 Å². The summed E-state index contributed by atoms with van der Waals surface area (Å²) in [6.07, 6.45) is 4.94. The molecule has 0 bridgehead atoms. The van der Waals surface area contributed by atoms with Crippen LogP contribution in [0.2, 0.25) is 5.02 Å². The molecule has 3 nitrogen and oxygen atoms in total. The molecule has 1 atom stereocenters. The van der Waals surface area contributed by atoms with Crippen LogP contribution in [-0.4, -0.2) is 9.97 Å². The molecule has 2 N–H and O–H groups in total. The Bertz CT molecular complexity index is 485. The predicted octanol–water partition coefficient (Wildman–Crippen LogP) is 2.49. The molecule has 1 aromatic heterocycles. The topological polar surface area (TPSA) is 51.8 Å². The van der Waals surface area contributed by atoms with E-state index in [0.29, 0.717) is 0 Å². The van der Waals surface area contributed by atoms with Crippen LogP contribution in [0.1, 0.15) is 22.9 Å². The second-order valence-corrected chi connectivity index (χ2v) is 4.02. The van der Waals surface area contributed by atoms with Gasteiger partial charge in [-0.3, -0.25) is 9.97 Å². The molecule has 82 valence electrons. The number of halogens is 1. The summed E-state index contributed by atoms with van der Waals surface area (Å²) in [5.74, 6) is 0. The van der Waals surface area contributed by atoms with Gasteiger partial charge in [0.25, 0.3) is 0 Å². The average molecular weight is 234 g/mol. The zero-order valence-corrected chi connectivity index (χ0v) is 9.65. The molecular weight excluding hydrogens is 222 g/mol. The van der Waals surface area contributed by atoms with Crippen molar-refractivity contribution in [3.63, 3.8) is 0 Å². The lowest BCUT2D eigenvalue weighted by atomic mass is 10.0. The van der Waals surface area contributed by atoms with E-state index in [1.165, 1.54) is 0 Å². The van der Waals surface area contributed by atoms with Crippen LogP contribution in [0.4, 0.5) is 0 Å². The normalized spacial score (nSPS) is 12.4. The molecule has 2 rings (SSSR count). The van der Waals surface area contributed by atoms with E-state index in [4.69, 9.17) is 17.3 Å². The smallest absolute Gasteiger partial charge is 0.0799 e. The third-order valence-corrected chi connectivity index (χ3v) is 2.87. The van der Waals surface area contributed by atoms with Crippen molar-refractivity contribution in [1.82, 2.24) is 9.97 Å². The average Bonchev–Trinajstić information content (AvgIpc) is 2.33. The van der Waals surface area contributed by atoms with Gasteiger partial charge in [-0.25, -0.2) is 0 Å². The fourth-order valence-corrected chi connectivity index (χ4v) is 1.62. The quantitative estimate of drug-likeness (QED) is 0.867. The molecule has 1 unspecified atom stereocenters. The van der Waals surface area contributed by atoms with E-state index in [2.05, 4.69) is 9.97 Å². The Kier molecular flexibility index (Phi) is 3.17. The maximum absolute atomic E-state index is 6.09. The van der Waals surface area contributed by atoms with Crippen molar-refractivity contribution in [3.05, 3.63) is 58.6 Å². The van der Waals surface area contributed by atoms with Crippen LogP contribution in [0, 0.1) is 6.92 Å². The van der Waals surface area contributed by atoms with E-state index in [9.17, 15) is 0 Å². The van der Waals surface area contributed by atoms with E-state index in [-0.39, 0.29) is 6.04 Å².